The normalized spacial score (nSPS) is 10.3. The van der Waals surface area contributed by atoms with Crippen LogP contribution in [0, 0.1) is 0 Å². The molecule has 0 saturated heterocycles. The predicted octanol–water partition coefficient (Wildman–Crippen LogP) is 5.18. The van der Waals surface area contributed by atoms with E-state index in [4.69, 9.17) is 21.1 Å². The van der Waals surface area contributed by atoms with Gasteiger partial charge in [-0.1, -0.05) is 54.1 Å². The van der Waals surface area contributed by atoms with E-state index in [2.05, 4.69) is 12.1 Å². The van der Waals surface area contributed by atoms with Gasteiger partial charge in [0, 0.05) is 6.42 Å². The summed E-state index contributed by atoms with van der Waals surface area (Å²) < 4.78 is 11.0. The maximum atomic E-state index is 12.2. The molecule has 0 aliphatic carbocycles. The molecule has 0 unspecified atom stereocenters. The maximum absolute atomic E-state index is 12.2. The number of hydrogen-bond donors (Lipinski definition) is 0. The summed E-state index contributed by atoms with van der Waals surface area (Å²) in [6.07, 6.45) is 0.830. The van der Waals surface area contributed by atoms with Crippen LogP contribution in [0.5, 0.6) is 11.5 Å². The highest BCUT2D eigenvalue weighted by atomic mass is 35.5. The fourth-order valence-corrected chi connectivity index (χ4v) is 2.48. The molecule has 0 aliphatic rings. The molecule has 0 heterocycles. The van der Waals surface area contributed by atoms with Crippen molar-refractivity contribution in [2.45, 2.75) is 6.42 Å². The minimum Gasteiger partial charge on any atom is -0.493 e. The molecule has 126 valence electrons. The first-order chi connectivity index (χ1) is 12.2. The summed E-state index contributed by atoms with van der Waals surface area (Å²) >= 11 is 5.99. The van der Waals surface area contributed by atoms with Crippen molar-refractivity contribution in [2.24, 2.45) is 0 Å². The average molecular weight is 353 g/mol. The quantitative estimate of drug-likeness (QED) is 0.453. The van der Waals surface area contributed by atoms with E-state index in [0.717, 1.165) is 6.42 Å². The number of halogens is 1. The Morgan fingerprint density at radius 3 is 2.24 bits per heavy atom. The van der Waals surface area contributed by atoms with Gasteiger partial charge < -0.3 is 9.47 Å². The summed E-state index contributed by atoms with van der Waals surface area (Å²) in [5.74, 6) is 0.603. The SMILES string of the molecule is O=C(Oc1ccccc1Cl)c1ccc(OCCc2ccccc2)cc1. The molecule has 3 aromatic rings. The van der Waals surface area contributed by atoms with Crippen molar-refractivity contribution in [1.82, 2.24) is 0 Å². The zero-order chi connectivity index (χ0) is 17.5. The minimum absolute atomic E-state index is 0.345. The number of hydrogen-bond acceptors (Lipinski definition) is 3. The third kappa shape index (κ3) is 4.85. The highest BCUT2D eigenvalue weighted by Gasteiger charge is 2.10. The van der Waals surface area contributed by atoms with Gasteiger partial charge in [-0.25, -0.2) is 4.79 Å². The largest absolute Gasteiger partial charge is 0.493 e. The number of benzene rings is 3. The average Bonchev–Trinajstić information content (AvgIpc) is 2.65. The van der Waals surface area contributed by atoms with Crippen LogP contribution >= 0.6 is 11.6 Å². The Labute approximate surface area is 151 Å². The van der Waals surface area contributed by atoms with Gasteiger partial charge in [-0.15, -0.1) is 0 Å². The van der Waals surface area contributed by atoms with Crippen LogP contribution in [0.2, 0.25) is 5.02 Å². The van der Waals surface area contributed by atoms with Crippen molar-refractivity contribution in [3.8, 4) is 11.5 Å². The van der Waals surface area contributed by atoms with Crippen LogP contribution in [0.4, 0.5) is 0 Å². The summed E-state index contributed by atoms with van der Waals surface area (Å²) in [7, 11) is 0. The van der Waals surface area contributed by atoms with Crippen LogP contribution in [-0.2, 0) is 6.42 Å². The second-order valence-corrected chi connectivity index (χ2v) is 5.84. The smallest absolute Gasteiger partial charge is 0.343 e. The summed E-state index contributed by atoms with van der Waals surface area (Å²) in [5, 5.41) is 0.400. The van der Waals surface area contributed by atoms with E-state index >= 15 is 0 Å². The first-order valence-electron chi connectivity index (χ1n) is 7.96. The molecule has 3 rings (SSSR count). The highest BCUT2D eigenvalue weighted by molar-refractivity contribution is 6.32. The van der Waals surface area contributed by atoms with Gasteiger partial charge in [0.2, 0.25) is 0 Å². The lowest BCUT2D eigenvalue weighted by Gasteiger charge is -2.08. The predicted molar refractivity (Wildman–Crippen MR) is 98.5 cm³/mol. The molecule has 0 radical (unpaired) electrons. The molecule has 0 aliphatic heterocycles. The topological polar surface area (TPSA) is 35.5 Å². The Balaban J connectivity index is 1.54. The van der Waals surface area contributed by atoms with E-state index < -0.39 is 5.97 Å². The number of esters is 1. The van der Waals surface area contributed by atoms with Gasteiger partial charge in [0.1, 0.15) is 11.5 Å². The van der Waals surface area contributed by atoms with Gasteiger partial charge in [-0.2, -0.15) is 0 Å². The lowest BCUT2D eigenvalue weighted by molar-refractivity contribution is 0.0735. The van der Waals surface area contributed by atoms with Crippen molar-refractivity contribution in [2.75, 3.05) is 6.61 Å². The van der Waals surface area contributed by atoms with Gasteiger partial charge in [0.05, 0.1) is 17.2 Å². The third-order valence-electron chi connectivity index (χ3n) is 3.63. The van der Waals surface area contributed by atoms with E-state index in [-0.39, 0.29) is 0 Å². The van der Waals surface area contributed by atoms with E-state index in [1.165, 1.54) is 5.56 Å². The standard InChI is InChI=1S/C21H17ClO3/c22-19-8-4-5-9-20(19)25-21(23)17-10-12-18(13-11-17)24-15-14-16-6-2-1-3-7-16/h1-13H,14-15H2. The van der Waals surface area contributed by atoms with Crippen LogP contribution in [0.25, 0.3) is 0 Å². The van der Waals surface area contributed by atoms with Crippen LogP contribution in [-0.4, -0.2) is 12.6 Å². The maximum Gasteiger partial charge on any atom is 0.343 e. The molecule has 0 atom stereocenters. The number of para-hydroxylation sites is 1. The van der Waals surface area contributed by atoms with Crippen molar-refractivity contribution < 1.29 is 14.3 Å². The molecule has 25 heavy (non-hydrogen) atoms. The zero-order valence-corrected chi connectivity index (χ0v) is 14.3. The second-order valence-electron chi connectivity index (χ2n) is 5.43. The minimum atomic E-state index is -0.455. The molecular weight excluding hydrogens is 336 g/mol. The third-order valence-corrected chi connectivity index (χ3v) is 3.94. The van der Waals surface area contributed by atoms with Crippen molar-refractivity contribution in [1.29, 1.82) is 0 Å². The van der Waals surface area contributed by atoms with Crippen molar-refractivity contribution >= 4 is 17.6 Å². The Hall–Kier alpha value is -2.78. The lowest BCUT2D eigenvalue weighted by atomic mass is 10.2. The van der Waals surface area contributed by atoms with Crippen LogP contribution in [0.1, 0.15) is 15.9 Å². The first kappa shape index (κ1) is 17.1. The van der Waals surface area contributed by atoms with Gasteiger partial charge in [-0.3, -0.25) is 0 Å². The monoisotopic (exact) mass is 352 g/mol. The lowest BCUT2D eigenvalue weighted by Crippen LogP contribution is -2.08. The zero-order valence-electron chi connectivity index (χ0n) is 13.5. The van der Waals surface area contributed by atoms with Crippen LogP contribution < -0.4 is 9.47 Å². The number of carbonyl (C=O) groups excluding carboxylic acids is 1. The molecule has 0 spiro atoms. The first-order valence-corrected chi connectivity index (χ1v) is 8.34. The molecule has 3 aromatic carbocycles. The second kappa shape index (κ2) is 8.36. The van der Waals surface area contributed by atoms with E-state index in [1.807, 2.05) is 18.2 Å². The summed E-state index contributed by atoms with van der Waals surface area (Å²) in [6.45, 7) is 0.577. The fraction of sp³-hybridized carbons (Fsp3) is 0.0952. The molecule has 0 saturated carbocycles. The highest BCUT2D eigenvalue weighted by Crippen LogP contribution is 2.24. The van der Waals surface area contributed by atoms with Crippen molar-refractivity contribution in [3.05, 3.63) is 95.0 Å². The number of carbonyl (C=O) groups is 1. The summed E-state index contributed by atoms with van der Waals surface area (Å²) in [6, 6.07) is 23.9. The Bertz CT molecular complexity index is 829. The van der Waals surface area contributed by atoms with E-state index in [1.54, 1.807) is 48.5 Å². The van der Waals surface area contributed by atoms with Gasteiger partial charge in [0.15, 0.2) is 0 Å². The molecule has 0 N–H and O–H groups in total. The molecule has 0 aromatic heterocycles. The summed E-state index contributed by atoms with van der Waals surface area (Å²) in [5.41, 5.74) is 1.66. The van der Waals surface area contributed by atoms with E-state index in [9.17, 15) is 4.79 Å². The van der Waals surface area contributed by atoms with Crippen molar-refractivity contribution in [3.63, 3.8) is 0 Å². The Morgan fingerprint density at radius 1 is 0.840 bits per heavy atom. The number of rotatable bonds is 6. The fourth-order valence-electron chi connectivity index (χ4n) is 2.30. The van der Waals surface area contributed by atoms with Crippen LogP contribution in [0.15, 0.2) is 78.9 Å². The van der Waals surface area contributed by atoms with Gasteiger partial charge in [0.25, 0.3) is 0 Å². The molecular formula is C21H17ClO3. The van der Waals surface area contributed by atoms with Gasteiger partial charge >= 0.3 is 5.97 Å². The molecule has 0 bridgehead atoms. The molecule has 3 nitrogen and oxygen atoms in total. The molecule has 4 heteroatoms. The van der Waals surface area contributed by atoms with Crippen LogP contribution in [0.3, 0.4) is 0 Å². The van der Waals surface area contributed by atoms with E-state index in [0.29, 0.717) is 28.7 Å². The number of ether oxygens (including phenoxy) is 2. The molecule has 0 fully saturated rings. The summed E-state index contributed by atoms with van der Waals surface area (Å²) in [4.78, 5) is 12.2. The Morgan fingerprint density at radius 2 is 1.52 bits per heavy atom. The van der Waals surface area contributed by atoms with Gasteiger partial charge in [-0.05, 0) is 42.0 Å². The molecule has 0 amide bonds. The Kier molecular flexibility index (Phi) is 5.70.